The van der Waals surface area contributed by atoms with Crippen LogP contribution in [0.1, 0.15) is 33.5 Å². The third-order valence-corrected chi connectivity index (χ3v) is 2.39. The number of nitrogens with zero attached hydrogens (tertiary/aromatic N) is 4. The molecule has 0 saturated carbocycles. The third kappa shape index (κ3) is 2.82. The number of rotatable bonds is 3. The SMILES string of the molecule is CN(C(=O)OC(C)(C)C)C(C)(C=O)c1nn[nH]n1. The molecule has 0 aliphatic heterocycles. The predicted octanol–water partition coefficient (Wildman–Crippen LogP) is 0.481. The zero-order valence-electron chi connectivity index (χ0n) is 11.1. The summed E-state index contributed by atoms with van der Waals surface area (Å²) >= 11 is 0. The van der Waals surface area contributed by atoms with Crippen LogP contribution in [0.2, 0.25) is 0 Å². The van der Waals surface area contributed by atoms with Crippen molar-refractivity contribution in [1.29, 1.82) is 0 Å². The number of aldehydes is 1. The maximum absolute atomic E-state index is 11.9. The molecule has 1 heterocycles. The molecule has 0 aromatic carbocycles. The summed E-state index contributed by atoms with van der Waals surface area (Å²) in [6, 6.07) is 0. The van der Waals surface area contributed by atoms with Crippen LogP contribution in [-0.2, 0) is 15.1 Å². The molecule has 1 atom stereocenters. The molecule has 0 aliphatic carbocycles. The number of H-pyrrole nitrogens is 1. The van der Waals surface area contributed by atoms with Gasteiger partial charge in [-0.25, -0.2) is 4.79 Å². The molecular formula is C10H17N5O3. The van der Waals surface area contributed by atoms with Crippen molar-refractivity contribution in [3.05, 3.63) is 5.82 Å². The summed E-state index contributed by atoms with van der Waals surface area (Å²) in [7, 11) is 1.44. The van der Waals surface area contributed by atoms with Gasteiger partial charge in [0.05, 0.1) is 0 Å². The van der Waals surface area contributed by atoms with Gasteiger partial charge in [0.1, 0.15) is 5.60 Å². The molecule has 0 fully saturated rings. The summed E-state index contributed by atoms with van der Waals surface area (Å²) in [6.07, 6.45) is -0.0659. The van der Waals surface area contributed by atoms with E-state index in [1.165, 1.54) is 14.0 Å². The highest BCUT2D eigenvalue weighted by atomic mass is 16.6. The minimum atomic E-state index is -1.32. The van der Waals surface area contributed by atoms with Crippen LogP contribution in [0.5, 0.6) is 0 Å². The Morgan fingerprint density at radius 3 is 2.39 bits per heavy atom. The van der Waals surface area contributed by atoms with Gasteiger partial charge in [-0.1, -0.05) is 5.21 Å². The first-order valence-corrected chi connectivity index (χ1v) is 5.38. The van der Waals surface area contributed by atoms with Crippen LogP contribution >= 0.6 is 0 Å². The molecule has 1 amide bonds. The van der Waals surface area contributed by atoms with Gasteiger partial charge in [-0.15, -0.1) is 10.2 Å². The molecule has 0 aliphatic rings. The first-order chi connectivity index (χ1) is 8.20. The molecule has 1 aromatic rings. The molecule has 0 radical (unpaired) electrons. The van der Waals surface area contributed by atoms with Crippen LogP contribution in [-0.4, -0.2) is 50.6 Å². The lowest BCUT2D eigenvalue weighted by Gasteiger charge is -2.32. The Morgan fingerprint density at radius 1 is 1.39 bits per heavy atom. The Labute approximate surface area is 105 Å². The van der Waals surface area contributed by atoms with E-state index in [0.717, 1.165) is 4.90 Å². The number of aromatic amines is 1. The Morgan fingerprint density at radius 2 is 2.00 bits per heavy atom. The predicted molar refractivity (Wildman–Crippen MR) is 61.6 cm³/mol. The molecule has 0 spiro atoms. The van der Waals surface area contributed by atoms with Gasteiger partial charge in [0.25, 0.3) is 0 Å². The van der Waals surface area contributed by atoms with Crippen LogP contribution in [0.4, 0.5) is 4.79 Å². The first-order valence-electron chi connectivity index (χ1n) is 5.38. The number of nitrogens with one attached hydrogen (secondary N) is 1. The molecule has 1 rings (SSSR count). The molecule has 100 valence electrons. The quantitative estimate of drug-likeness (QED) is 0.788. The summed E-state index contributed by atoms with van der Waals surface area (Å²) in [4.78, 5) is 24.3. The zero-order chi connectivity index (χ0) is 14.0. The molecule has 18 heavy (non-hydrogen) atoms. The van der Waals surface area contributed by atoms with Gasteiger partial charge in [0.2, 0.25) is 5.82 Å². The van der Waals surface area contributed by atoms with Gasteiger partial charge < -0.3 is 9.53 Å². The average molecular weight is 255 g/mol. The molecule has 1 aromatic heterocycles. The average Bonchev–Trinajstić information content (AvgIpc) is 2.78. The van der Waals surface area contributed by atoms with Crippen LogP contribution in [0.25, 0.3) is 0 Å². The fourth-order valence-electron chi connectivity index (χ4n) is 1.18. The number of aromatic nitrogens is 4. The highest BCUT2D eigenvalue weighted by Crippen LogP contribution is 2.23. The lowest BCUT2D eigenvalue weighted by Crippen LogP contribution is -2.48. The van der Waals surface area contributed by atoms with Crippen molar-refractivity contribution in [2.45, 2.75) is 38.8 Å². The first kappa shape index (κ1) is 14.1. The maximum atomic E-state index is 11.9. The molecule has 1 N–H and O–H groups in total. The van der Waals surface area contributed by atoms with Gasteiger partial charge in [0, 0.05) is 7.05 Å². The summed E-state index contributed by atoms with van der Waals surface area (Å²) in [5, 5.41) is 13.1. The maximum Gasteiger partial charge on any atom is 0.411 e. The van der Waals surface area contributed by atoms with Crippen molar-refractivity contribution in [2.24, 2.45) is 0 Å². The largest absolute Gasteiger partial charge is 0.444 e. The van der Waals surface area contributed by atoms with E-state index in [-0.39, 0.29) is 5.82 Å². The summed E-state index contributed by atoms with van der Waals surface area (Å²) in [6.45, 7) is 6.73. The van der Waals surface area contributed by atoms with Crippen molar-refractivity contribution < 1.29 is 14.3 Å². The van der Waals surface area contributed by atoms with Gasteiger partial charge in [-0.3, -0.25) is 4.90 Å². The number of tetrazole rings is 1. The number of ether oxygens (including phenoxy) is 1. The lowest BCUT2D eigenvalue weighted by molar-refractivity contribution is -0.118. The second-order valence-corrected chi connectivity index (χ2v) is 5.04. The smallest absolute Gasteiger partial charge is 0.411 e. The van der Waals surface area contributed by atoms with Gasteiger partial charge >= 0.3 is 6.09 Å². The monoisotopic (exact) mass is 255 g/mol. The topological polar surface area (TPSA) is 101 Å². The summed E-state index contributed by atoms with van der Waals surface area (Å²) < 4.78 is 5.19. The van der Waals surface area contributed by atoms with E-state index in [1.54, 1.807) is 20.8 Å². The minimum Gasteiger partial charge on any atom is -0.444 e. The van der Waals surface area contributed by atoms with Gasteiger partial charge in [-0.05, 0) is 27.7 Å². The van der Waals surface area contributed by atoms with E-state index in [0.29, 0.717) is 6.29 Å². The van der Waals surface area contributed by atoms with E-state index in [2.05, 4.69) is 20.6 Å². The Bertz CT molecular complexity index is 425. The normalized spacial score (nSPS) is 14.7. The number of likely N-dealkylation sites (N-methyl/N-ethyl adjacent to an activating group) is 1. The molecule has 8 nitrogen and oxygen atoms in total. The van der Waals surface area contributed by atoms with E-state index < -0.39 is 17.2 Å². The van der Waals surface area contributed by atoms with Crippen molar-refractivity contribution >= 4 is 12.4 Å². The van der Waals surface area contributed by atoms with Crippen LogP contribution in [0, 0.1) is 0 Å². The number of hydrogen-bond donors (Lipinski definition) is 1. The number of hydrogen-bond acceptors (Lipinski definition) is 6. The second kappa shape index (κ2) is 4.71. The summed E-state index contributed by atoms with van der Waals surface area (Å²) in [5.74, 6) is 0.103. The Balaban J connectivity index is 2.96. The fourth-order valence-corrected chi connectivity index (χ4v) is 1.18. The standard InChI is InChI=1S/C10H17N5O3/c1-9(2,3)18-8(17)15(5)10(4,6-16)7-11-13-14-12-7/h6H,1-5H3,(H,11,12,13,14). The van der Waals surface area contributed by atoms with Crippen LogP contribution in [0.3, 0.4) is 0 Å². The highest BCUT2D eigenvalue weighted by molar-refractivity contribution is 5.76. The number of carbonyl (C=O) groups is 2. The fraction of sp³-hybridized carbons (Fsp3) is 0.700. The molecule has 1 unspecified atom stereocenters. The zero-order valence-corrected chi connectivity index (χ0v) is 11.1. The van der Waals surface area contributed by atoms with Crippen LogP contribution in [0.15, 0.2) is 0 Å². The van der Waals surface area contributed by atoms with Crippen molar-refractivity contribution in [2.75, 3.05) is 7.05 Å². The lowest BCUT2D eigenvalue weighted by atomic mass is 10.0. The van der Waals surface area contributed by atoms with E-state index in [4.69, 9.17) is 4.74 Å². The van der Waals surface area contributed by atoms with E-state index in [1.807, 2.05) is 0 Å². The van der Waals surface area contributed by atoms with Crippen molar-refractivity contribution in [1.82, 2.24) is 25.5 Å². The van der Waals surface area contributed by atoms with Crippen LogP contribution < -0.4 is 0 Å². The molecular weight excluding hydrogens is 238 g/mol. The van der Waals surface area contributed by atoms with Crippen molar-refractivity contribution in [3.8, 4) is 0 Å². The summed E-state index contributed by atoms with van der Waals surface area (Å²) in [5.41, 5.74) is -1.97. The van der Waals surface area contributed by atoms with E-state index in [9.17, 15) is 9.59 Å². The van der Waals surface area contributed by atoms with E-state index >= 15 is 0 Å². The Hall–Kier alpha value is -1.99. The van der Waals surface area contributed by atoms with Crippen molar-refractivity contribution in [3.63, 3.8) is 0 Å². The minimum absolute atomic E-state index is 0.103. The number of amides is 1. The molecule has 0 saturated heterocycles. The number of carbonyl (C=O) groups excluding carboxylic acids is 2. The Kier molecular flexibility index (Phi) is 3.68. The molecule has 0 bridgehead atoms. The van der Waals surface area contributed by atoms with Gasteiger partial charge in [-0.2, -0.15) is 5.21 Å². The second-order valence-electron chi connectivity index (χ2n) is 5.04. The molecule has 8 heteroatoms. The van der Waals surface area contributed by atoms with Gasteiger partial charge in [0.15, 0.2) is 11.8 Å². The third-order valence-electron chi connectivity index (χ3n) is 2.39. The highest BCUT2D eigenvalue weighted by Gasteiger charge is 2.40.